The van der Waals surface area contributed by atoms with Crippen molar-refractivity contribution in [1.82, 2.24) is 9.78 Å². The van der Waals surface area contributed by atoms with Gasteiger partial charge in [0.15, 0.2) is 11.5 Å². The summed E-state index contributed by atoms with van der Waals surface area (Å²) in [5.74, 6) is 1.59. The van der Waals surface area contributed by atoms with Crippen LogP contribution in [0.4, 0.5) is 5.69 Å². The zero-order valence-corrected chi connectivity index (χ0v) is 13.7. The molecule has 6 heteroatoms. The Morgan fingerprint density at radius 2 is 2.10 bits per heavy atom. The summed E-state index contributed by atoms with van der Waals surface area (Å²) in [4.78, 5) is 0. The minimum atomic E-state index is 0.298. The number of nitrogens with one attached hydrogen (secondary N) is 1. The maximum absolute atomic E-state index is 5.39. The number of nitrogens with zero attached hydrogens (tertiary/aromatic N) is 2. The van der Waals surface area contributed by atoms with Crippen molar-refractivity contribution in [2.75, 3.05) is 12.1 Å². The molecule has 0 aliphatic carbocycles. The van der Waals surface area contributed by atoms with Crippen LogP contribution in [0, 0.1) is 0 Å². The lowest BCUT2D eigenvalue weighted by atomic mass is 10.2. The van der Waals surface area contributed by atoms with Crippen molar-refractivity contribution in [2.24, 2.45) is 0 Å². The van der Waals surface area contributed by atoms with E-state index in [1.165, 1.54) is 0 Å². The lowest BCUT2D eigenvalue weighted by Gasteiger charge is -2.09. The molecule has 0 bridgehead atoms. The van der Waals surface area contributed by atoms with E-state index in [0.717, 1.165) is 46.0 Å². The van der Waals surface area contributed by atoms with Crippen LogP contribution in [0.3, 0.4) is 0 Å². The number of fused-ring (bicyclic) bond motifs is 1. The van der Waals surface area contributed by atoms with Gasteiger partial charge in [-0.25, -0.2) is 0 Å². The number of hydrogen-bond donors (Lipinski definition) is 1. The first-order chi connectivity index (χ1) is 10.2. The lowest BCUT2D eigenvalue weighted by molar-refractivity contribution is 0.174. The predicted octanol–water partition coefficient (Wildman–Crippen LogP) is 3.57. The molecule has 0 atom stereocenters. The van der Waals surface area contributed by atoms with Crippen LogP contribution in [-0.2, 0) is 19.5 Å². The van der Waals surface area contributed by atoms with Crippen molar-refractivity contribution in [3.63, 3.8) is 0 Å². The standard InChI is InChI=1S/C15H18BrN3O2/c1-3-11-15(16)12(19(4-2)18-11)8-17-10-5-6-13-14(7-10)21-9-20-13/h5-7,17H,3-4,8-9H2,1-2H3. The predicted molar refractivity (Wildman–Crippen MR) is 84.9 cm³/mol. The van der Waals surface area contributed by atoms with Crippen molar-refractivity contribution in [1.29, 1.82) is 0 Å². The molecule has 0 unspecified atom stereocenters. The Morgan fingerprint density at radius 3 is 2.86 bits per heavy atom. The molecule has 1 aromatic heterocycles. The highest BCUT2D eigenvalue weighted by Crippen LogP contribution is 2.34. The number of ether oxygens (including phenoxy) is 2. The fraction of sp³-hybridized carbons (Fsp3) is 0.400. The molecule has 0 fully saturated rings. The molecule has 0 spiro atoms. The van der Waals surface area contributed by atoms with Crippen LogP contribution in [0.15, 0.2) is 22.7 Å². The molecule has 0 saturated carbocycles. The molecule has 1 aromatic carbocycles. The number of rotatable bonds is 5. The summed E-state index contributed by atoms with van der Waals surface area (Å²) < 4.78 is 13.8. The van der Waals surface area contributed by atoms with Crippen molar-refractivity contribution in [2.45, 2.75) is 33.4 Å². The van der Waals surface area contributed by atoms with E-state index >= 15 is 0 Å². The van der Waals surface area contributed by atoms with Crippen LogP contribution in [-0.4, -0.2) is 16.6 Å². The number of anilines is 1. The number of hydrogen-bond acceptors (Lipinski definition) is 4. The minimum Gasteiger partial charge on any atom is -0.454 e. The van der Waals surface area contributed by atoms with E-state index < -0.39 is 0 Å². The van der Waals surface area contributed by atoms with Gasteiger partial charge in [0, 0.05) is 18.3 Å². The maximum Gasteiger partial charge on any atom is 0.231 e. The summed E-state index contributed by atoms with van der Waals surface area (Å²) in [5.41, 5.74) is 3.26. The van der Waals surface area contributed by atoms with Gasteiger partial charge in [-0.15, -0.1) is 0 Å². The Bertz CT molecular complexity index is 655. The summed E-state index contributed by atoms with van der Waals surface area (Å²) in [6.45, 7) is 6.08. The highest BCUT2D eigenvalue weighted by molar-refractivity contribution is 9.10. The number of halogens is 1. The van der Waals surface area contributed by atoms with Crippen LogP contribution in [0.1, 0.15) is 25.2 Å². The van der Waals surface area contributed by atoms with Crippen molar-refractivity contribution in [3.05, 3.63) is 34.1 Å². The van der Waals surface area contributed by atoms with Gasteiger partial charge in [-0.05, 0) is 41.4 Å². The maximum atomic E-state index is 5.39. The highest BCUT2D eigenvalue weighted by atomic mass is 79.9. The zero-order valence-electron chi connectivity index (χ0n) is 12.1. The van der Waals surface area contributed by atoms with Gasteiger partial charge in [-0.3, -0.25) is 4.68 Å². The minimum absolute atomic E-state index is 0.298. The number of aromatic nitrogens is 2. The van der Waals surface area contributed by atoms with E-state index in [-0.39, 0.29) is 0 Å². The molecule has 21 heavy (non-hydrogen) atoms. The van der Waals surface area contributed by atoms with Gasteiger partial charge in [0.1, 0.15) is 0 Å². The smallest absolute Gasteiger partial charge is 0.231 e. The average molecular weight is 352 g/mol. The average Bonchev–Trinajstić information content (AvgIpc) is 3.08. The topological polar surface area (TPSA) is 48.3 Å². The summed E-state index contributed by atoms with van der Waals surface area (Å²) in [6.07, 6.45) is 0.921. The van der Waals surface area contributed by atoms with Crippen LogP contribution < -0.4 is 14.8 Å². The van der Waals surface area contributed by atoms with Crippen LogP contribution in [0.5, 0.6) is 11.5 Å². The molecule has 0 radical (unpaired) electrons. The van der Waals surface area contributed by atoms with Crippen LogP contribution in [0.25, 0.3) is 0 Å². The van der Waals surface area contributed by atoms with E-state index in [1.807, 2.05) is 22.9 Å². The molecular formula is C15H18BrN3O2. The monoisotopic (exact) mass is 351 g/mol. The largest absolute Gasteiger partial charge is 0.454 e. The molecule has 0 amide bonds. The van der Waals surface area contributed by atoms with E-state index in [1.54, 1.807) is 0 Å². The van der Waals surface area contributed by atoms with E-state index in [4.69, 9.17) is 9.47 Å². The lowest BCUT2D eigenvalue weighted by Crippen LogP contribution is -2.08. The van der Waals surface area contributed by atoms with Crippen LogP contribution in [0.2, 0.25) is 0 Å². The van der Waals surface area contributed by atoms with E-state index in [0.29, 0.717) is 13.3 Å². The molecule has 1 aliphatic rings. The third-order valence-electron chi connectivity index (χ3n) is 3.53. The molecule has 0 saturated heterocycles. The molecule has 2 aromatic rings. The molecule has 3 rings (SSSR count). The first-order valence-electron chi connectivity index (χ1n) is 7.10. The molecule has 2 heterocycles. The summed E-state index contributed by atoms with van der Waals surface area (Å²) in [5, 5.41) is 8.02. The summed E-state index contributed by atoms with van der Waals surface area (Å²) in [7, 11) is 0. The Hall–Kier alpha value is -1.69. The Labute approximate surface area is 132 Å². The van der Waals surface area contributed by atoms with Gasteiger partial charge in [-0.2, -0.15) is 5.10 Å². The third-order valence-corrected chi connectivity index (χ3v) is 4.44. The molecule has 112 valence electrons. The second kappa shape index (κ2) is 5.97. The molecule has 5 nitrogen and oxygen atoms in total. The highest BCUT2D eigenvalue weighted by Gasteiger charge is 2.15. The van der Waals surface area contributed by atoms with Crippen molar-refractivity contribution in [3.8, 4) is 11.5 Å². The van der Waals surface area contributed by atoms with Gasteiger partial charge >= 0.3 is 0 Å². The van der Waals surface area contributed by atoms with Gasteiger partial charge in [0.25, 0.3) is 0 Å². The van der Waals surface area contributed by atoms with Gasteiger partial charge in [0.2, 0.25) is 6.79 Å². The first-order valence-corrected chi connectivity index (χ1v) is 7.89. The molecule has 1 N–H and O–H groups in total. The van der Waals surface area contributed by atoms with E-state index in [2.05, 4.69) is 40.2 Å². The van der Waals surface area contributed by atoms with E-state index in [9.17, 15) is 0 Å². The first kappa shape index (κ1) is 14.3. The second-order valence-electron chi connectivity index (χ2n) is 4.80. The van der Waals surface area contributed by atoms with Gasteiger partial charge < -0.3 is 14.8 Å². The second-order valence-corrected chi connectivity index (χ2v) is 5.59. The Kier molecular flexibility index (Phi) is 4.05. The van der Waals surface area contributed by atoms with Crippen molar-refractivity contribution >= 4 is 21.6 Å². The molecular weight excluding hydrogens is 334 g/mol. The Balaban J connectivity index is 1.77. The van der Waals surface area contributed by atoms with Gasteiger partial charge in [-0.1, -0.05) is 6.92 Å². The third kappa shape index (κ3) is 2.72. The fourth-order valence-corrected chi connectivity index (χ4v) is 3.08. The summed E-state index contributed by atoms with van der Waals surface area (Å²) >= 11 is 3.66. The SMILES string of the molecule is CCc1nn(CC)c(CNc2ccc3c(c2)OCO3)c1Br. The number of aryl methyl sites for hydroxylation is 2. The Morgan fingerprint density at radius 1 is 1.29 bits per heavy atom. The normalized spacial score (nSPS) is 12.7. The number of benzene rings is 1. The van der Waals surface area contributed by atoms with Gasteiger partial charge in [0.05, 0.1) is 22.4 Å². The van der Waals surface area contributed by atoms with Crippen LogP contribution >= 0.6 is 15.9 Å². The quantitative estimate of drug-likeness (QED) is 0.894. The zero-order chi connectivity index (χ0) is 14.8. The summed E-state index contributed by atoms with van der Waals surface area (Å²) in [6, 6.07) is 5.88. The fourth-order valence-electron chi connectivity index (χ4n) is 2.38. The molecule has 1 aliphatic heterocycles. The van der Waals surface area contributed by atoms with Crippen molar-refractivity contribution < 1.29 is 9.47 Å².